The lowest BCUT2D eigenvalue weighted by molar-refractivity contribution is 0.292. The van der Waals surface area contributed by atoms with Crippen LogP contribution < -0.4 is 4.74 Å². The van der Waals surface area contributed by atoms with Crippen LogP contribution in [0.3, 0.4) is 0 Å². The standard InChI is InChI=1S/C17H11BrF2O/c18-15-7-8-16(19)14(17(15)20)10-21-13-6-5-11-3-1-2-4-12(11)9-13/h1-9H,10H2. The molecule has 0 heterocycles. The maximum Gasteiger partial charge on any atom is 0.146 e. The maximum absolute atomic E-state index is 13.9. The van der Waals surface area contributed by atoms with Crippen LogP contribution in [0.1, 0.15) is 5.56 Å². The molecule has 0 aliphatic rings. The molecule has 106 valence electrons. The average Bonchev–Trinajstić information content (AvgIpc) is 2.51. The zero-order valence-corrected chi connectivity index (χ0v) is 12.5. The second-order valence-electron chi connectivity index (χ2n) is 4.62. The van der Waals surface area contributed by atoms with Gasteiger partial charge < -0.3 is 4.74 Å². The van der Waals surface area contributed by atoms with Crippen molar-refractivity contribution in [1.82, 2.24) is 0 Å². The Morgan fingerprint density at radius 1 is 0.905 bits per heavy atom. The fourth-order valence-electron chi connectivity index (χ4n) is 2.11. The van der Waals surface area contributed by atoms with Gasteiger partial charge in [-0.2, -0.15) is 0 Å². The molecule has 1 nitrogen and oxygen atoms in total. The van der Waals surface area contributed by atoms with Gasteiger partial charge in [-0.25, -0.2) is 8.78 Å². The number of benzene rings is 3. The number of hydrogen-bond donors (Lipinski definition) is 0. The van der Waals surface area contributed by atoms with E-state index in [-0.39, 0.29) is 16.6 Å². The first-order valence-corrected chi connectivity index (χ1v) is 7.18. The molecule has 0 radical (unpaired) electrons. The summed E-state index contributed by atoms with van der Waals surface area (Å²) < 4.78 is 33.2. The second kappa shape index (κ2) is 5.82. The molecule has 0 bridgehead atoms. The fourth-order valence-corrected chi connectivity index (χ4v) is 2.49. The molecule has 0 fully saturated rings. The number of ether oxygens (including phenoxy) is 1. The molecule has 3 aromatic rings. The average molecular weight is 349 g/mol. The monoisotopic (exact) mass is 348 g/mol. The van der Waals surface area contributed by atoms with Gasteiger partial charge in [0.15, 0.2) is 0 Å². The first-order valence-electron chi connectivity index (χ1n) is 6.39. The Labute approximate surface area is 129 Å². The Bertz CT molecular complexity index is 802. The highest BCUT2D eigenvalue weighted by Crippen LogP contribution is 2.25. The second-order valence-corrected chi connectivity index (χ2v) is 5.47. The van der Waals surface area contributed by atoms with E-state index < -0.39 is 11.6 Å². The third-order valence-electron chi connectivity index (χ3n) is 3.24. The van der Waals surface area contributed by atoms with Crippen molar-refractivity contribution in [1.29, 1.82) is 0 Å². The van der Waals surface area contributed by atoms with Gasteiger partial charge in [-0.15, -0.1) is 0 Å². The van der Waals surface area contributed by atoms with E-state index in [4.69, 9.17) is 4.74 Å². The minimum Gasteiger partial charge on any atom is -0.489 e. The van der Waals surface area contributed by atoms with Crippen molar-refractivity contribution in [2.45, 2.75) is 6.61 Å². The summed E-state index contributed by atoms with van der Waals surface area (Å²) in [5.41, 5.74) is -0.0856. The van der Waals surface area contributed by atoms with Crippen LogP contribution in [0.4, 0.5) is 8.78 Å². The van der Waals surface area contributed by atoms with Crippen molar-refractivity contribution in [3.05, 3.63) is 76.3 Å². The van der Waals surface area contributed by atoms with Crippen LogP contribution in [0.25, 0.3) is 10.8 Å². The van der Waals surface area contributed by atoms with Crippen molar-refractivity contribution >= 4 is 26.7 Å². The highest BCUT2D eigenvalue weighted by Gasteiger charge is 2.13. The van der Waals surface area contributed by atoms with Gasteiger partial charge in [0.2, 0.25) is 0 Å². The van der Waals surface area contributed by atoms with E-state index in [1.54, 1.807) is 6.07 Å². The third-order valence-corrected chi connectivity index (χ3v) is 3.86. The Kier molecular flexibility index (Phi) is 3.88. The Morgan fingerprint density at radius 3 is 2.48 bits per heavy atom. The predicted molar refractivity (Wildman–Crippen MR) is 82.3 cm³/mol. The van der Waals surface area contributed by atoms with E-state index in [2.05, 4.69) is 15.9 Å². The van der Waals surface area contributed by atoms with Gasteiger partial charge in [0.05, 0.1) is 10.0 Å². The summed E-state index contributed by atoms with van der Waals surface area (Å²) in [4.78, 5) is 0. The largest absolute Gasteiger partial charge is 0.489 e. The summed E-state index contributed by atoms with van der Waals surface area (Å²) in [7, 11) is 0. The van der Waals surface area contributed by atoms with E-state index in [0.29, 0.717) is 5.75 Å². The van der Waals surface area contributed by atoms with E-state index in [9.17, 15) is 8.78 Å². The summed E-state index contributed by atoms with van der Waals surface area (Å²) >= 11 is 3.04. The molecule has 0 N–H and O–H groups in total. The zero-order valence-electron chi connectivity index (χ0n) is 10.9. The SMILES string of the molecule is Fc1ccc(Br)c(F)c1COc1ccc2ccccc2c1. The van der Waals surface area contributed by atoms with Crippen molar-refractivity contribution in [3.63, 3.8) is 0 Å². The maximum atomic E-state index is 13.9. The van der Waals surface area contributed by atoms with Gasteiger partial charge in [-0.05, 0) is 51.0 Å². The van der Waals surface area contributed by atoms with Crippen molar-refractivity contribution in [2.75, 3.05) is 0 Å². The lowest BCUT2D eigenvalue weighted by atomic mass is 10.1. The zero-order chi connectivity index (χ0) is 14.8. The van der Waals surface area contributed by atoms with Gasteiger partial charge in [0, 0.05) is 0 Å². The molecule has 0 atom stereocenters. The molecule has 0 amide bonds. The van der Waals surface area contributed by atoms with Gasteiger partial charge in [-0.3, -0.25) is 0 Å². The van der Waals surface area contributed by atoms with Crippen LogP contribution in [0.2, 0.25) is 0 Å². The van der Waals surface area contributed by atoms with E-state index in [0.717, 1.165) is 10.8 Å². The summed E-state index contributed by atoms with van der Waals surface area (Å²) in [6, 6.07) is 15.9. The molecule has 3 aromatic carbocycles. The number of halogens is 3. The Morgan fingerprint density at radius 2 is 1.67 bits per heavy atom. The molecule has 3 rings (SSSR count). The summed E-state index contributed by atoms with van der Waals surface area (Å²) in [6.45, 7) is -0.157. The van der Waals surface area contributed by atoms with Gasteiger partial charge >= 0.3 is 0 Å². The molecule has 21 heavy (non-hydrogen) atoms. The van der Waals surface area contributed by atoms with Gasteiger partial charge in [-0.1, -0.05) is 30.3 Å². The summed E-state index contributed by atoms with van der Waals surface area (Å²) in [5.74, 6) is -0.667. The predicted octanol–water partition coefficient (Wildman–Crippen LogP) is 5.46. The highest BCUT2D eigenvalue weighted by atomic mass is 79.9. The van der Waals surface area contributed by atoms with E-state index in [1.807, 2.05) is 36.4 Å². The van der Waals surface area contributed by atoms with E-state index >= 15 is 0 Å². The van der Waals surface area contributed by atoms with Gasteiger partial charge in [0.1, 0.15) is 24.0 Å². The quantitative estimate of drug-likeness (QED) is 0.571. The minimum absolute atomic E-state index is 0.0856. The number of rotatable bonds is 3. The highest BCUT2D eigenvalue weighted by molar-refractivity contribution is 9.10. The van der Waals surface area contributed by atoms with Crippen LogP contribution in [-0.2, 0) is 6.61 Å². The topological polar surface area (TPSA) is 9.23 Å². The first-order chi connectivity index (χ1) is 10.1. The molecule has 0 aliphatic heterocycles. The molecule has 0 aromatic heterocycles. The molecule has 0 spiro atoms. The third kappa shape index (κ3) is 2.90. The molecule has 0 saturated heterocycles. The van der Waals surface area contributed by atoms with Crippen molar-refractivity contribution < 1.29 is 13.5 Å². The smallest absolute Gasteiger partial charge is 0.146 e. The molecule has 0 unspecified atom stereocenters. The minimum atomic E-state index is -0.629. The fraction of sp³-hybridized carbons (Fsp3) is 0.0588. The van der Waals surface area contributed by atoms with Crippen LogP contribution in [0.15, 0.2) is 59.1 Å². The van der Waals surface area contributed by atoms with Crippen molar-refractivity contribution in [2.24, 2.45) is 0 Å². The molecular formula is C17H11BrF2O. The molecule has 0 aliphatic carbocycles. The summed E-state index contributed by atoms with van der Waals surface area (Å²) in [6.07, 6.45) is 0. The van der Waals surface area contributed by atoms with Crippen LogP contribution >= 0.6 is 15.9 Å². The lowest BCUT2D eigenvalue weighted by Gasteiger charge is -2.10. The van der Waals surface area contributed by atoms with Crippen LogP contribution in [-0.4, -0.2) is 0 Å². The lowest BCUT2D eigenvalue weighted by Crippen LogP contribution is -2.02. The molecule has 0 saturated carbocycles. The first kappa shape index (κ1) is 14.0. The molecular weight excluding hydrogens is 338 g/mol. The van der Waals surface area contributed by atoms with Gasteiger partial charge in [0.25, 0.3) is 0 Å². The van der Waals surface area contributed by atoms with E-state index in [1.165, 1.54) is 12.1 Å². The molecule has 4 heteroatoms. The normalized spacial score (nSPS) is 10.8. The van der Waals surface area contributed by atoms with Crippen molar-refractivity contribution in [3.8, 4) is 5.75 Å². The Hall–Kier alpha value is -1.94. The van der Waals surface area contributed by atoms with Crippen LogP contribution in [0.5, 0.6) is 5.75 Å². The van der Waals surface area contributed by atoms with Crippen LogP contribution in [0, 0.1) is 11.6 Å². The summed E-state index contributed by atoms with van der Waals surface area (Å²) in [5, 5.41) is 2.11. The Balaban J connectivity index is 1.85. The number of fused-ring (bicyclic) bond motifs is 1. The number of hydrogen-bond acceptors (Lipinski definition) is 1.